The number of thiophene rings is 1. The van der Waals surface area contributed by atoms with E-state index < -0.39 is 0 Å². The molecule has 0 spiro atoms. The lowest BCUT2D eigenvalue weighted by molar-refractivity contribution is -0.115. The van der Waals surface area contributed by atoms with Crippen LogP contribution in [-0.2, 0) is 11.2 Å². The van der Waals surface area contributed by atoms with Crippen molar-refractivity contribution in [1.82, 2.24) is 4.90 Å². The van der Waals surface area contributed by atoms with Gasteiger partial charge < -0.3 is 10.2 Å². The number of rotatable bonds is 5. The zero-order valence-electron chi connectivity index (χ0n) is 17.2. The van der Waals surface area contributed by atoms with Gasteiger partial charge in [-0.25, -0.2) is 0 Å². The van der Waals surface area contributed by atoms with Crippen LogP contribution in [0.5, 0.6) is 0 Å². The average molecular weight is 419 g/mol. The van der Waals surface area contributed by atoms with E-state index in [9.17, 15) is 9.59 Å². The number of amides is 2. The molecule has 4 rings (SSSR count). The largest absolute Gasteiger partial charge is 0.339 e. The smallest absolute Gasteiger partial charge is 0.257 e. The Morgan fingerprint density at radius 2 is 1.57 bits per heavy atom. The van der Waals surface area contributed by atoms with E-state index in [1.54, 1.807) is 0 Å². The number of nitrogens with one attached hydrogen (secondary N) is 1. The van der Waals surface area contributed by atoms with Gasteiger partial charge in [-0.05, 0) is 42.9 Å². The van der Waals surface area contributed by atoms with Crippen LogP contribution in [0.4, 0.5) is 5.00 Å². The molecular formula is C25H26N2O2S. The lowest BCUT2D eigenvalue weighted by atomic mass is 10.0. The number of anilines is 1. The van der Waals surface area contributed by atoms with Crippen molar-refractivity contribution in [3.63, 3.8) is 0 Å². The first-order valence-corrected chi connectivity index (χ1v) is 11.3. The van der Waals surface area contributed by atoms with Crippen molar-refractivity contribution < 1.29 is 9.59 Å². The highest BCUT2D eigenvalue weighted by Crippen LogP contribution is 2.40. The molecule has 30 heavy (non-hydrogen) atoms. The molecule has 2 aromatic carbocycles. The monoisotopic (exact) mass is 418 g/mol. The summed E-state index contributed by atoms with van der Waals surface area (Å²) in [6.45, 7) is 3.56. The van der Waals surface area contributed by atoms with Gasteiger partial charge in [-0.2, -0.15) is 0 Å². The van der Waals surface area contributed by atoms with Crippen molar-refractivity contribution in [3.05, 3.63) is 77.4 Å². The van der Waals surface area contributed by atoms with E-state index >= 15 is 0 Å². The molecule has 0 radical (unpaired) electrons. The van der Waals surface area contributed by atoms with E-state index in [4.69, 9.17) is 0 Å². The summed E-state index contributed by atoms with van der Waals surface area (Å²) in [5.74, 6) is -0.0737. The molecule has 1 aromatic heterocycles. The zero-order valence-corrected chi connectivity index (χ0v) is 18.0. The minimum atomic E-state index is -0.102. The van der Waals surface area contributed by atoms with Crippen molar-refractivity contribution in [2.45, 2.75) is 32.6 Å². The van der Waals surface area contributed by atoms with E-state index in [1.165, 1.54) is 17.8 Å². The number of piperidine rings is 1. The van der Waals surface area contributed by atoms with Crippen LogP contribution in [-0.4, -0.2) is 29.8 Å². The topological polar surface area (TPSA) is 49.4 Å². The van der Waals surface area contributed by atoms with Gasteiger partial charge in [0, 0.05) is 18.0 Å². The molecule has 1 fully saturated rings. The Morgan fingerprint density at radius 3 is 2.23 bits per heavy atom. The lowest BCUT2D eigenvalue weighted by Gasteiger charge is -2.27. The first kappa shape index (κ1) is 20.4. The number of hydrogen-bond acceptors (Lipinski definition) is 3. The molecule has 5 heteroatoms. The summed E-state index contributed by atoms with van der Waals surface area (Å²) in [5, 5.41) is 3.70. The summed E-state index contributed by atoms with van der Waals surface area (Å²) in [5.41, 5.74) is 3.60. The van der Waals surface area contributed by atoms with Gasteiger partial charge in [-0.15, -0.1) is 11.3 Å². The van der Waals surface area contributed by atoms with Crippen molar-refractivity contribution >= 4 is 28.2 Å². The van der Waals surface area contributed by atoms with Crippen LogP contribution in [0.2, 0.25) is 0 Å². The lowest BCUT2D eigenvalue weighted by Crippen LogP contribution is -2.36. The summed E-state index contributed by atoms with van der Waals surface area (Å²) in [7, 11) is 0. The molecule has 154 valence electrons. The van der Waals surface area contributed by atoms with Gasteiger partial charge in [-0.3, -0.25) is 9.59 Å². The Bertz CT molecular complexity index is 1020. The van der Waals surface area contributed by atoms with E-state index in [0.717, 1.165) is 47.5 Å². The highest BCUT2D eigenvalue weighted by molar-refractivity contribution is 7.20. The Kier molecular flexibility index (Phi) is 6.29. The predicted octanol–water partition coefficient (Wildman–Crippen LogP) is 5.53. The van der Waals surface area contributed by atoms with Crippen LogP contribution < -0.4 is 5.32 Å². The number of carbonyl (C=O) groups excluding carboxylic acids is 2. The van der Waals surface area contributed by atoms with Crippen LogP contribution >= 0.6 is 11.3 Å². The molecule has 0 bridgehead atoms. The van der Waals surface area contributed by atoms with Gasteiger partial charge >= 0.3 is 0 Å². The third-order valence-electron chi connectivity index (χ3n) is 5.50. The fourth-order valence-corrected chi connectivity index (χ4v) is 5.15. The number of benzene rings is 2. The Hall–Kier alpha value is -2.92. The van der Waals surface area contributed by atoms with E-state index in [0.29, 0.717) is 10.6 Å². The summed E-state index contributed by atoms with van der Waals surface area (Å²) >= 11 is 1.49. The maximum atomic E-state index is 13.4. The normalized spacial score (nSPS) is 13.8. The molecule has 0 atom stereocenters. The molecule has 2 heterocycles. The molecule has 0 aliphatic carbocycles. The van der Waals surface area contributed by atoms with Crippen LogP contribution in [0, 0.1) is 6.92 Å². The SMILES string of the molecule is Cc1c(-c2ccccc2)sc(NC(=O)Cc2ccccc2)c1C(=O)N1CCCCC1. The van der Waals surface area contributed by atoms with Gasteiger partial charge in [0.2, 0.25) is 5.91 Å². The van der Waals surface area contributed by atoms with Gasteiger partial charge in [0.05, 0.1) is 12.0 Å². The van der Waals surface area contributed by atoms with Crippen molar-refractivity contribution in [1.29, 1.82) is 0 Å². The average Bonchev–Trinajstić information content (AvgIpc) is 3.10. The van der Waals surface area contributed by atoms with Gasteiger partial charge in [0.25, 0.3) is 5.91 Å². The number of nitrogens with zero attached hydrogens (tertiary/aromatic N) is 1. The maximum Gasteiger partial charge on any atom is 0.257 e. The second-order valence-corrected chi connectivity index (χ2v) is 8.71. The Balaban J connectivity index is 1.66. The molecule has 0 unspecified atom stereocenters. The molecule has 1 N–H and O–H groups in total. The fourth-order valence-electron chi connectivity index (χ4n) is 3.93. The third kappa shape index (κ3) is 4.46. The molecular weight excluding hydrogens is 392 g/mol. The minimum Gasteiger partial charge on any atom is -0.339 e. The highest BCUT2D eigenvalue weighted by Gasteiger charge is 2.27. The molecule has 1 aliphatic heterocycles. The number of carbonyl (C=O) groups is 2. The second kappa shape index (κ2) is 9.26. The molecule has 2 amide bonds. The molecule has 1 aliphatic rings. The van der Waals surface area contributed by atoms with Gasteiger partial charge in [0.1, 0.15) is 5.00 Å². The van der Waals surface area contributed by atoms with E-state index in [-0.39, 0.29) is 18.2 Å². The standard InChI is InChI=1S/C25H26N2O2S/c1-18-22(25(29)27-15-9-4-10-16-27)24(30-23(18)20-13-7-3-8-14-20)26-21(28)17-19-11-5-2-6-12-19/h2-3,5-8,11-14H,4,9-10,15-17H2,1H3,(H,26,28). The van der Waals surface area contributed by atoms with Gasteiger partial charge in [-0.1, -0.05) is 60.7 Å². The molecule has 4 nitrogen and oxygen atoms in total. The van der Waals surface area contributed by atoms with Crippen molar-refractivity contribution in [3.8, 4) is 10.4 Å². The van der Waals surface area contributed by atoms with E-state index in [2.05, 4.69) is 5.32 Å². The van der Waals surface area contributed by atoms with Crippen LogP contribution in [0.1, 0.15) is 40.7 Å². The maximum absolute atomic E-state index is 13.4. The van der Waals surface area contributed by atoms with Crippen molar-refractivity contribution in [2.24, 2.45) is 0 Å². The quantitative estimate of drug-likeness (QED) is 0.592. The van der Waals surface area contributed by atoms with Crippen LogP contribution in [0.15, 0.2) is 60.7 Å². The Labute approximate surface area is 181 Å². The first-order chi connectivity index (χ1) is 14.6. The first-order valence-electron chi connectivity index (χ1n) is 10.5. The minimum absolute atomic E-state index is 0.0284. The number of likely N-dealkylation sites (tertiary alicyclic amines) is 1. The molecule has 3 aromatic rings. The predicted molar refractivity (Wildman–Crippen MR) is 123 cm³/mol. The summed E-state index contributed by atoms with van der Waals surface area (Å²) in [6, 6.07) is 19.7. The van der Waals surface area contributed by atoms with Crippen LogP contribution in [0.25, 0.3) is 10.4 Å². The fraction of sp³-hybridized carbons (Fsp3) is 0.280. The summed E-state index contributed by atoms with van der Waals surface area (Å²) in [6.07, 6.45) is 3.53. The highest BCUT2D eigenvalue weighted by atomic mass is 32.1. The summed E-state index contributed by atoms with van der Waals surface area (Å²) in [4.78, 5) is 29.1. The molecule has 0 saturated carbocycles. The zero-order chi connectivity index (χ0) is 20.9. The van der Waals surface area contributed by atoms with Crippen LogP contribution in [0.3, 0.4) is 0 Å². The second-order valence-electron chi connectivity index (χ2n) is 7.69. The molecule has 1 saturated heterocycles. The number of hydrogen-bond donors (Lipinski definition) is 1. The summed E-state index contributed by atoms with van der Waals surface area (Å²) < 4.78 is 0. The van der Waals surface area contributed by atoms with Gasteiger partial charge in [0.15, 0.2) is 0 Å². The Morgan fingerprint density at radius 1 is 0.933 bits per heavy atom. The van der Waals surface area contributed by atoms with Crippen molar-refractivity contribution in [2.75, 3.05) is 18.4 Å². The van der Waals surface area contributed by atoms with E-state index in [1.807, 2.05) is 72.5 Å². The third-order valence-corrected chi connectivity index (χ3v) is 6.76.